The quantitative estimate of drug-likeness (QED) is 0.741. The molecule has 0 saturated carbocycles. The summed E-state index contributed by atoms with van der Waals surface area (Å²) in [4.78, 5) is 20.1. The Balaban J connectivity index is 2.08. The maximum absolute atomic E-state index is 11.2. The summed E-state index contributed by atoms with van der Waals surface area (Å²) >= 11 is 0. The van der Waals surface area contributed by atoms with Crippen LogP contribution >= 0.6 is 0 Å². The largest absolute Gasteiger partial charge is 0.373 e. The van der Waals surface area contributed by atoms with Gasteiger partial charge in [0.05, 0.1) is 0 Å². The van der Waals surface area contributed by atoms with E-state index in [0.717, 1.165) is 35.9 Å². The monoisotopic (exact) mass is 263 g/mol. The molecule has 1 amide bonds. The van der Waals surface area contributed by atoms with Crippen LogP contribution in [0.15, 0.2) is 0 Å². The molecule has 1 fully saturated rings. The second kappa shape index (κ2) is 5.86. The number of carbonyl (C=O) groups is 1. The van der Waals surface area contributed by atoms with Gasteiger partial charge in [-0.2, -0.15) is 0 Å². The molecule has 0 bridgehead atoms. The Morgan fingerprint density at radius 3 is 2.68 bits per heavy atom. The maximum Gasteiger partial charge on any atom is 0.220 e. The maximum atomic E-state index is 11.2. The summed E-state index contributed by atoms with van der Waals surface area (Å²) in [5, 5.41) is 9.34. The van der Waals surface area contributed by atoms with E-state index in [1.165, 1.54) is 0 Å². The van der Waals surface area contributed by atoms with E-state index in [1.807, 2.05) is 20.9 Å². The molecule has 0 radical (unpaired) electrons. The van der Waals surface area contributed by atoms with E-state index in [0.29, 0.717) is 13.0 Å². The lowest BCUT2D eigenvalue weighted by Crippen LogP contribution is -2.32. The summed E-state index contributed by atoms with van der Waals surface area (Å²) in [5.74, 6) is 2.64. The Morgan fingerprint density at radius 1 is 1.37 bits per heavy atom. The van der Waals surface area contributed by atoms with Gasteiger partial charge in [-0.3, -0.25) is 4.79 Å². The first-order valence-corrected chi connectivity index (χ1v) is 6.72. The zero-order valence-corrected chi connectivity index (χ0v) is 11.7. The SMILES string of the molecule is CCc1nc(NC)c(C)c(NCC2CCC(=O)N2)n1. The zero-order chi connectivity index (χ0) is 13.8. The van der Waals surface area contributed by atoms with Gasteiger partial charge in [0, 0.05) is 38.0 Å². The molecule has 0 aromatic carbocycles. The van der Waals surface area contributed by atoms with E-state index >= 15 is 0 Å². The molecule has 1 aromatic heterocycles. The van der Waals surface area contributed by atoms with E-state index in [9.17, 15) is 4.79 Å². The predicted octanol–water partition coefficient (Wildman–Crippen LogP) is 1.08. The molecule has 6 nitrogen and oxygen atoms in total. The van der Waals surface area contributed by atoms with E-state index in [2.05, 4.69) is 25.9 Å². The van der Waals surface area contributed by atoms with Crippen LogP contribution in [0.1, 0.15) is 31.2 Å². The fourth-order valence-corrected chi connectivity index (χ4v) is 2.19. The number of nitrogens with one attached hydrogen (secondary N) is 3. The fourth-order valence-electron chi connectivity index (χ4n) is 2.19. The van der Waals surface area contributed by atoms with Crippen molar-refractivity contribution >= 4 is 17.5 Å². The van der Waals surface area contributed by atoms with Gasteiger partial charge in [-0.05, 0) is 13.3 Å². The Kier molecular flexibility index (Phi) is 4.19. The predicted molar refractivity (Wildman–Crippen MR) is 75.3 cm³/mol. The van der Waals surface area contributed by atoms with Gasteiger partial charge in [-0.1, -0.05) is 6.92 Å². The molecule has 6 heteroatoms. The van der Waals surface area contributed by atoms with Crippen LogP contribution in [0.5, 0.6) is 0 Å². The van der Waals surface area contributed by atoms with Crippen LogP contribution in [0, 0.1) is 6.92 Å². The van der Waals surface area contributed by atoms with Gasteiger partial charge in [0.25, 0.3) is 0 Å². The molecule has 1 unspecified atom stereocenters. The average Bonchev–Trinajstić information content (AvgIpc) is 2.83. The number of carbonyl (C=O) groups excluding carboxylic acids is 1. The van der Waals surface area contributed by atoms with Crippen molar-refractivity contribution in [1.29, 1.82) is 0 Å². The summed E-state index contributed by atoms with van der Waals surface area (Å²) in [5.41, 5.74) is 1.00. The van der Waals surface area contributed by atoms with Crippen LogP contribution < -0.4 is 16.0 Å². The number of hydrogen-bond acceptors (Lipinski definition) is 5. The number of amides is 1. The molecule has 1 saturated heterocycles. The Morgan fingerprint density at radius 2 is 2.11 bits per heavy atom. The highest BCUT2D eigenvalue weighted by atomic mass is 16.1. The number of hydrogen-bond donors (Lipinski definition) is 3. The number of rotatable bonds is 5. The first-order chi connectivity index (χ1) is 9.13. The highest BCUT2D eigenvalue weighted by Gasteiger charge is 2.20. The smallest absolute Gasteiger partial charge is 0.220 e. The van der Waals surface area contributed by atoms with Gasteiger partial charge >= 0.3 is 0 Å². The van der Waals surface area contributed by atoms with E-state index in [1.54, 1.807) is 0 Å². The molecule has 1 aliphatic rings. The lowest BCUT2D eigenvalue weighted by molar-refractivity contribution is -0.119. The highest BCUT2D eigenvalue weighted by molar-refractivity contribution is 5.78. The third-order valence-electron chi connectivity index (χ3n) is 3.35. The second-order valence-electron chi connectivity index (χ2n) is 4.75. The van der Waals surface area contributed by atoms with Crippen LogP contribution in [0.4, 0.5) is 11.6 Å². The first kappa shape index (κ1) is 13.6. The zero-order valence-electron chi connectivity index (χ0n) is 11.7. The average molecular weight is 263 g/mol. The van der Waals surface area contributed by atoms with Crippen molar-refractivity contribution in [2.24, 2.45) is 0 Å². The van der Waals surface area contributed by atoms with Crippen LogP contribution in [0.25, 0.3) is 0 Å². The van der Waals surface area contributed by atoms with Crippen molar-refractivity contribution < 1.29 is 4.79 Å². The number of aromatic nitrogens is 2. The van der Waals surface area contributed by atoms with Crippen molar-refractivity contribution in [3.8, 4) is 0 Å². The van der Waals surface area contributed by atoms with Crippen LogP contribution in [0.2, 0.25) is 0 Å². The molecular formula is C13H21N5O. The standard InChI is InChI=1S/C13H21N5O/c1-4-10-17-12(14-3)8(2)13(18-10)15-7-9-5-6-11(19)16-9/h9H,4-7H2,1-3H3,(H,16,19)(H2,14,15,17,18). The summed E-state index contributed by atoms with van der Waals surface area (Å²) < 4.78 is 0. The van der Waals surface area contributed by atoms with Gasteiger partial charge in [-0.15, -0.1) is 0 Å². The second-order valence-corrected chi connectivity index (χ2v) is 4.75. The van der Waals surface area contributed by atoms with Gasteiger partial charge in [0.15, 0.2) is 0 Å². The normalized spacial score (nSPS) is 18.3. The van der Waals surface area contributed by atoms with Gasteiger partial charge in [0.2, 0.25) is 5.91 Å². The molecule has 2 rings (SSSR count). The van der Waals surface area contributed by atoms with Gasteiger partial charge < -0.3 is 16.0 Å². The van der Waals surface area contributed by atoms with Crippen molar-refractivity contribution in [3.05, 3.63) is 11.4 Å². The topological polar surface area (TPSA) is 78.9 Å². The molecule has 2 heterocycles. The molecule has 0 aliphatic carbocycles. The van der Waals surface area contributed by atoms with Crippen molar-refractivity contribution in [1.82, 2.24) is 15.3 Å². The molecule has 1 aliphatic heterocycles. The van der Waals surface area contributed by atoms with Gasteiger partial charge in [-0.25, -0.2) is 9.97 Å². The van der Waals surface area contributed by atoms with Crippen molar-refractivity contribution in [2.75, 3.05) is 24.2 Å². The number of anilines is 2. The Bertz CT molecular complexity index is 474. The number of aryl methyl sites for hydroxylation is 1. The molecule has 1 aromatic rings. The van der Waals surface area contributed by atoms with E-state index in [-0.39, 0.29) is 11.9 Å². The minimum absolute atomic E-state index is 0.136. The Hall–Kier alpha value is -1.85. The molecule has 1 atom stereocenters. The summed E-state index contributed by atoms with van der Waals surface area (Å²) in [6.45, 7) is 4.72. The van der Waals surface area contributed by atoms with Crippen LogP contribution in [0.3, 0.4) is 0 Å². The third-order valence-corrected chi connectivity index (χ3v) is 3.35. The molecule has 104 valence electrons. The minimum Gasteiger partial charge on any atom is -0.373 e. The number of nitrogens with zero attached hydrogens (tertiary/aromatic N) is 2. The summed E-state index contributed by atoms with van der Waals surface area (Å²) in [6.07, 6.45) is 2.30. The van der Waals surface area contributed by atoms with Crippen molar-refractivity contribution in [3.63, 3.8) is 0 Å². The first-order valence-electron chi connectivity index (χ1n) is 6.72. The fraction of sp³-hybridized carbons (Fsp3) is 0.615. The molecule has 3 N–H and O–H groups in total. The molecule has 0 spiro atoms. The van der Waals surface area contributed by atoms with Crippen LogP contribution in [-0.2, 0) is 11.2 Å². The van der Waals surface area contributed by atoms with E-state index < -0.39 is 0 Å². The molecular weight excluding hydrogens is 242 g/mol. The van der Waals surface area contributed by atoms with Crippen LogP contribution in [-0.4, -0.2) is 35.5 Å². The highest BCUT2D eigenvalue weighted by Crippen LogP contribution is 2.20. The van der Waals surface area contributed by atoms with Crippen molar-refractivity contribution in [2.45, 2.75) is 39.2 Å². The summed E-state index contributed by atoms with van der Waals surface area (Å²) in [7, 11) is 1.86. The Labute approximate surface area is 113 Å². The minimum atomic E-state index is 0.136. The molecule has 19 heavy (non-hydrogen) atoms. The summed E-state index contributed by atoms with van der Waals surface area (Å²) in [6, 6.07) is 0.199. The van der Waals surface area contributed by atoms with E-state index in [4.69, 9.17) is 0 Å². The third kappa shape index (κ3) is 3.13. The lowest BCUT2D eigenvalue weighted by Gasteiger charge is -2.16. The van der Waals surface area contributed by atoms with Gasteiger partial charge in [0.1, 0.15) is 17.5 Å². The lowest BCUT2D eigenvalue weighted by atomic mass is 10.2.